The van der Waals surface area contributed by atoms with E-state index in [0.29, 0.717) is 10.4 Å². The first-order chi connectivity index (χ1) is 11.3. The number of nitriles is 1. The Labute approximate surface area is 142 Å². The molecular formula is C15H9ClF2N3O2S-. The van der Waals surface area contributed by atoms with E-state index in [4.69, 9.17) is 22.6 Å². The second-order valence-corrected chi connectivity index (χ2v) is 5.89. The average Bonchev–Trinajstić information content (AvgIpc) is 2.94. The highest BCUT2D eigenvalue weighted by atomic mass is 35.5. The van der Waals surface area contributed by atoms with Gasteiger partial charge in [-0.15, -0.1) is 0 Å². The van der Waals surface area contributed by atoms with E-state index in [1.165, 1.54) is 12.3 Å². The maximum atomic E-state index is 12.6. The third kappa shape index (κ3) is 3.89. The minimum Gasteiger partial charge on any atom is -0.768 e. The number of H-pyrrole nitrogens is 1. The molecule has 0 amide bonds. The van der Waals surface area contributed by atoms with Crippen LogP contribution in [0.15, 0.2) is 41.4 Å². The Bertz CT molecular complexity index is 969. The Morgan fingerprint density at radius 2 is 1.96 bits per heavy atom. The number of benzene rings is 2. The molecule has 0 bridgehead atoms. The van der Waals surface area contributed by atoms with Crippen LogP contribution in [-0.2, 0) is 11.1 Å². The van der Waals surface area contributed by atoms with Crippen LogP contribution in [0.1, 0.15) is 5.56 Å². The molecule has 1 heterocycles. The zero-order chi connectivity index (χ0) is 17.9. The number of anilines is 1. The molecule has 1 atom stereocenters. The number of aromatic amines is 1. The first kappa shape index (κ1) is 17.9. The van der Waals surface area contributed by atoms with Crippen molar-refractivity contribution in [3.63, 3.8) is 0 Å². The average molecular weight is 369 g/mol. The topological polar surface area (TPSA) is 106 Å². The van der Waals surface area contributed by atoms with Crippen molar-refractivity contribution in [2.45, 2.75) is 4.90 Å². The number of halogens is 3. The quantitative estimate of drug-likeness (QED) is 0.506. The van der Waals surface area contributed by atoms with Crippen LogP contribution in [0.4, 0.5) is 14.5 Å². The van der Waals surface area contributed by atoms with Gasteiger partial charge in [0.05, 0.1) is 16.1 Å². The van der Waals surface area contributed by atoms with E-state index in [0.717, 1.165) is 17.6 Å². The van der Waals surface area contributed by atoms with Crippen LogP contribution >= 0.6 is 11.6 Å². The lowest BCUT2D eigenvalue weighted by Gasteiger charge is -2.01. The first-order valence-corrected chi connectivity index (χ1v) is 7.79. The van der Waals surface area contributed by atoms with Crippen LogP contribution in [0, 0.1) is 23.0 Å². The van der Waals surface area contributed by atoms with Crippen LogP contribution in [0.2, 0.25) is 5.02 Å². The van der Waals surface area contributed by atoms with Crippen molar-refractivity contribution in [2.24, 2.45) is 0 Å². The Morgan fingerprint density at radius 3 is 2.58 bits per heavy atom. The van der Waals surface area contributed by atoms with Crippen molar-refractivity contribution >= 4 is 39.3 Å². The van der Waals surface area contributed by atoms with Gasteiger partial charge in [0, 0.05) is 28.2 Å². The molecule has 0 spiro atoms. The van der Waals surface area contributed by atoms with Gasteiger partial charge in [0.15, 0.2) is 0 Å². The molecule has 3 N–H and O–H groups in total. The van der Waals surface area contributed by atoms with E-state index < -0.39 is 22.7 Å². The van der Waals surface area contributed by atoms with E-state index >= 15 is 0 Å². The number of nitrogens with one attached hydrogen (secondary N) is 1. The molecule has 3 rings (SSSR count). The van der Waals surface area contributed by atoms with Crippen molar-refractivity contribution in [3.05, 3.63) is 58.7 Å². The van der Waals surface area contributed by atoms with E-state index in [9.17, 15) is 17.5 Å². The first-order valence-electron chi connectivity index (χ1n) is 6.34. The number of nitrogens with zero attached hydrogens (tertiary/aromatic N) is 1. The van der Waals surface area contributed by atoms with Gasteiger partial charge in [0.1, 0.15) is 17.7 Å². The molecule has 3 aromatic rings. The van der Waals surface area contributed by atoms with Gasteiger partial charge in [-0.3, -0.25) is 4.21 Å². The number of rotatable bonds is 1. The molecule has 24 heavy (non-hydrogen) atoms. The molecule has 0 saturated carbocycles. The minimum atomic E-state index is -2.20. The number of aromatic nitrogens is 1. The maximum absolute atomic E-state index is 12.6. The highest BCUT2D eigenvalue weighted by molar-refractivity contribution is 7.79. The monoisotopic (exact) mass is 368 g/mol. The predicted molar refractivity (Wildman–Crippen MR) is 86.0 cm³/mol. The summed E-state index contributed by atoms with van der Waals surface area (Å²) in [4.78, 5) is 3.10. The van der Waals surface area contributed by atoms with Crippen LogP contribution < -0.4 is 5.73 Å². The third-order valence-corrected chi connectivity index (χ3v) is 3.92. The smallest absolute Gasteiger partial charge is 0.147 e. The second-order valence-electron chi connectivity index (χ2n) is 4.54. The highest BCUT2D eigenvalue weighted by Gasteiger charge is 2.06. The van der Waals surface area contributed by atoms with E-state index in [2.05, 4.69) is 4.98 Å². The summed E-state index contributed by atoms with van der Waals surface area (Å²) in [6, 6.07) is 8.08. The summed E-state index contributed by atoms with van der Waals surface area (Å²) in [6.07, 6.45) is 1.45. The molecule has 0 aliphatic heterocycles. The number of hydrogen-bond acceptors (Lipinski definition) is 4. The lowest BCUT2D eigenvalue weighted by atomic mass is 10.2. The summed E-state index contributed by atoms with van der Waals surface area (Å²) in [5, 5.41) is 9.48. The molecule has 124 valence electrons. The summed E-state index contributed by atoms with van der Waals surface area (Å²) in [6.45, 7) is 0. The van der Waals surface area contributed by atoms with Crippen molar-refractivity contribution in [2.75, 3.05) is 5.73 Å². The molecule has 2 aromatic carbocycles. The molecule has 1 aromatic heterocycles. The molecule has 0 saturated heterocycles. The molecule has 1 unspecified atom stereocenters. The summed E-state index contributed by atoms with van der Waals surface area (Å²) in [7, 11) is 0. The van der Waals surface area contributed by atoms with Gasteiger partial charge in [0.25, 0.3) is 0 Å². The normalized spacial score (nSPS) is 11.5. The zero-order valence-corrected chi connectivity index (χ0v) is 13.4. The number of nitrogen functional groups attached to an aromatic ring is 1. The fourth-order valence-corrected chi connectivity index (χ4v) is 2.54. The number of fused-ring (bicyclic) bond motifs is 1. The Hall–Kier alpha value is -2.47. The standard InChI is InChI=1S/C8H6ClNO2S.C7H4F2N2/c9-5-1-2-6-7(3-5)10-4-8(6)13(11)12;8-5-2-7(11)6(9)1-4(5)3-10/h1-4,10H,(H,11,12);1-2H,11H2/p-1. The summed E-state index contributed by atoms with van der Waals surface area (Å²) >= 11 is 3.53. The van der Waals surface area contributed by atoms with Crippen LogP contribution in [0.25, 0.3) is 10.9 Å². The Kier molecular flexibility index (Phi) is 5.51. The fourth-order valence-electron chi connectivity index (χ4n) is 1.86. The largest absolute Gasteiger partial charge is 0.768 e. The highest BCUT2D eigenvalue weighted by Crippen LogP contribution is 2.23. The predicted octanol–water partition coefficient (Wildman–Crippen LogP) is 3.48. The summed E-state index contributed by atoms with van der Waals surface area (Å²) in [5.41, 5.74) is 5.12. The van der Waals surface area contributed by atoms with Crippen molar-refractivity contribution < 1.29 is 17.5 Å². The van der Waals surface area contributed by atoms with E-state index in [1.807, 2.05) is 0 Å². The molecule has 0 aliphatic carbocycles. The fraction of sp³-hybridized carbons (Fsp3) is 0. The third-order valence-electron chi connectivity index (χ3n) is 2.99. The van der Waals surface area contributed by atoms with Gasteiger partial charge in [-0.2, -0.15) is 5.26 Å². The number of nitrogens with two attached hydrogens (primary N) is 1. The van der Waals surface area contributed by atoms with Gasteiger partial charge in [0.2, 0.25) is 0 Å². The van der Waals surface area contributed by atoms with Gasteiger partial charge in [-0.05, 0) is 29.3 Å². The van der Waals surface area contributed by atoms with Crippen molar-refractivity contribution in [1.82, 2.24) is 4.98 Å². The molecular weight excluding hydrogens is 360 g/mol. The van der Waals surface area contributed by atoms with E-state index in [-0.39, 0.29) is 16.1 Å². The van der Waals surface area contributed by atoms with Gasteiger partial charge >= 0.3 is 0 Å². The molecule has 5 nitrogen and oxygen atoms in total. The van der Waals surface area contributed by atoms with E-state index in [1.54, 1.807) is 18.2 Å². The lowest BCUT2D eigenvalue weighted by molar-refractivity contribution is 0.538. The van der Waals surface area contributed by atoms with Crippen LogP contribution in [0.5, 0.6) is 0 Å². The van der Waals surface area contributed by atoms with Crippen LogP contribution in [-0.4, -0.2) is 13.7 Å². The zero-order valence-electron chi connectivity index (χ0n) is 11.8. The Balaban J connectivity index is 0.000000177. The second kappa shape index (κ2) is 7.40. The minimum absolute atomic E-state index is 0.270. The van der Waals surface area contributed by atoms with Gasteiger partial charge in [-0.25, -0.2) is 8.78 Å². The van der Waals surface area contributed by atoms with Gasteiger partial charge in [-0.1, -0.05) is 17.7 Å². The molecule has 0 radical (unpaired) electrons. The SMILES string of the molecule is N#Cc1cc(F)c(N)cc1F.O=S([O-])c1c[nH]c2cc(Cl)ccc12. The number of hydrogen-bond donors (Lipinski definition) is 2. The summed E-state index contributed by atoms with van der Waals surface area (Å²) in [5.74, 6) is -1.57. The maximum Gasteiger partial charge on any atom is 0.147 e. The summed E-state index contributed by atoms with van der Waals surface area (Å²) < 4.78 is 46.5. The van der Waals surface area contributed by atoms with Gasteiger partial charge < -0.3 is 15.3 Å². The van der Waals surface area contributed by atoms with Crippen molar-refractivity contribution in [3.8, 4) is 6.07 Å². The molecule has 9 heteroatoms. The lowest BCUT2D eigenvalue weighted by Crippen LogP contribution is -1.94. The molecule has 0 aliphatic rings. The Morgan fingerprint density at radius 1 is 1.25 bits per heavy atom. The van der Waals surface area contributed by atoms with Crippen molar-refractivity contribution in [1.29, 1.82) is 5.26 Å². The van der Waals surface area contributed by atoms with Crippen LogP contribution in [0.3, 0.4) is 0 Å². The molecule has 0 fully saturated rings.